The summed E-state index contributed by atoms with van der Waals surface area (Å²) in [4.78, 5) is 24.0. The van der Waals surface area contributed by atoms with Crippen LogP contribution in [0.2, 0.25) is 0 Å². The molecule has 1 N–H and O–H groups in total. The van der Waals surface area contributed by atoms with E-state index in [1.54, 1.807) is 48.8 Å². The molecule has 0 saturated carbocycles. The SMILES string of the molecule is COC(=O)c1ccccc1NC(=O)c1ccc(-n2cccn2)nn1. The molecule has 0 fully saturated rings. The van der Waals surface area contributed by atoms with Gasteiger partial charge in [-0.05, 0) is 30.3 Å². The molecule has 24 heavy (non-hydrogen) atoms. The zero-order chi connectivity index (χ0) is 16.9. The summed E-state index contributed by atoms with van der Waals surface area (Å²) in [5.41, 5.74) is 0.715. The van der Waals surface area contributed by atoms with E-state index in [-0.39, 0.29) is 11.3 Å². The number of hydrogen-bond donors (Lipinski definition) is 1. The highest BCUT2D eigenvalue weighted by Gasteiger charge is 2.15. The zero-order valence-electron chi connectivity index (χ0n) is 12.7. The second-order valence-electron chi connectivity index (χ2n) is 4.72. The Morgan fingerprint density at radius 2 is 1.92 bits per heavy atom. The smallest absolute Gasteiger partial charge is 0.339 e. The summed E-state index contributed by atoms with van der Waals surface area (Å²) in [6, 6.07) is 11.5. The van der Waals surface area contributed by atoms with E-state index in [4.69, 9.17) is 4.74 Å². The Bertz CT molecular complexity index is 860. The number of aromatic nitrogens is 4. The number of rotatable bonds is 4. The van der Waals surface area contributed by atoms with Crippen molar-refractivity contribution in [3.05, 3.63) is 66.1 Å². The minimum Gasteiger partial charge on any atom is -0.465 e. The first-order chi connectivity index (χ1) is 11.7. The van der Waals surface area contributed by atoms with Gasteiger partial charge in [0.1, 0.15) is 0 Å². The Kier molecular flexibility index (Phi) is 4.28. The van der Waals surface area contributed by atoms with Crippen LogP contribution >= 0.6 is 0 Å². The van der Waals surface area contributed by atoms with Crippen LogP contribution in [-0.4, -0.2) is 39.0 Å². The number of nitrogens with one attached hydrogen (secondary N) is 1. The number of anilines is 1. The molecule has 0 aliphatic rings. The van der Waals surface area contributed by atoms with Gasteiger partial charge in [0.15, 0.2) is 11.5 Å². The van der Waals surface area contributed by atoms with Crippen molar-refractivity contribution >= 4 is 17.6 Å². The van der Waals surface area contributed by atoms with Gasteiger partial charge in [0.2, 0.25) is 0 Å². The van der Waals surface area contributed by atoms with Crippen molar-refractivity contribution < 1.29 is 14.3 Å². The fraction of sp³-hybridized carbons (Fsp3) is 0.0625. The van der Waals surface area contributed by atoms with Gasteiger partial charge in [0, 0.05) is 12.4 Å². The minimum atomic E-state index is -0.536. The number of methoxy groups -OCH3 is 1. The Hall–Kier alpha value is -3.55. The molecule has 0 bridgehead atoms. The van der Waals surface area contributed by atoms with E-state index < -0.39 is 11.9 Å². The molecule has 0 atom stereocenters. The minimum absolute atomic E-state index is 0.116. The van der Waals surface area contributed by atoms with Crippen LogP contribution in [-0.2, 0) is 4.74 Å². The van der Waals surface area contributed by atoms with Crippen molar-refractivity contribution in [1.82, 2.24) is 20.0 Å². The number of para-hydroxylation sites is 1. The van der Waals surface area contributed by atoms with Gasteiger partial charge in [-0.25, -0.2) is 9.48 Å². The molecule has 3 rings (SSSR count). The van der Waals surface area contributed by atoms with Gasteiger partial charge in [-0.3, -0.25) is 4.79 Å². The van der Waals surface area contributed by atoms with Gasteiger partial charge in [-0.2, -0.15) is 5.10 Å². The van der Waals surface area contributed by atoms with Crippen molar-refractivity contribution in [3.8, 4) is 5.82 Å². The number of esters is 1. The molecule has 0 saturated heterocycles. The number of amides is 1. The van der Waals surface area contributed by atoms with Gasteiger partial charge in [-0.1, -0.05) is 12.1 Å². The van der Waals surface area contributed by atoms with Crippen LogP contribution in [0.3, 0.4) is 0 Å². The summed E-state index contributed by atoms with van der Waals surface area (Å²) in [7, 11) is 1.28. The van der Waals surface area contributed by atoms with E-state index in [0.29, 0.717) is 11.5 Å². The highest BCUT2D eigenvalue weighted by Crippen LogP contribution is 2.17. The zero-order valence-corrected chi connectivity index (χ0v) is 12.7. The molecule has 0 aliphatic carbocycles. The van der Waals surface area contributed by atoms with Gasteiger partial charge in [-0.15, -0.1) is 10.2 Å². The predicted octanol–water partition coefficient (Wildman–Crippen LogP) is 1.70. The van der Waals surface area contributed by atoms with Crippen molar-refractivity contribution in [1.29, 1.82) is 0 Å². The van der Waals surface area contributed by atoms with Crippen LogP contribution in [0.4, 0.5) is 5.69 Å². The van der Waals surface area contributed by atoms with Gasteiger partial charge in [0.05, 0.1) is 18.4 Å². The summed E-state index contributed by atoms with van der Waals surface area (Å²) >= 11 is 0. The summed E-state index contributed by atoms with van der Waals surface area (Å²) in [6.07, 6.45) is 3.34. The number of nitrogens with zero attached hydrogens (tertiary/aromatic N) is 4. The lowest BCUT2D eigenvalue weighted by Crippen LogP contribution is -2.17. The molecular formula is C16H13N5O3. The van der Waals surface area contributed by atoms with Crippen molar-refractivity contribution in [2.24, 2.45) is 0 Å². The molecule has 2 heterocycles. The molecule has 120 valence electrons. The third-order valence-corrected chi connectivity index (χ3v) is 3.20. The molecule has 3 aromatic rings. The predicted molar refractivity (Wildman–Crippen MR) is 84.9 cm³/mol. The number of hydrogen-bond acceptors (Lipinski definition) is 6. The Morgan fingerprint density at radius 1 is 1.08 bits per heavy atom. The van der Waals surface area contributed by atoms with Crippen LogP contribution < -0.4 is 5.32 Å². The maximum atomic E-state index is 12.3. The summed E-state index contributed by atoms with van der Waals surface area (Å²) in [5.74, 6) is -0.525. The lowest BCUT2D eigenvalue weighted by molar-refractivity contribution is 0.0602. The van der Waals surface area contributed by atoms with Gasteiger partial charge in [0.25, 0.3) is 5.91 Å². The van der Waals surface area contributed by atoms with Crippen LogP contribution in [0.1, 0.15) is 20.8 Å². The molecule has 0 spiro atoms. The molecule has 2 aromatic heterocycles. The number of benzene rings is 1. The molecule has 0 aliphatic heterocycles. The first-order valence-corrected chi connectivity index (χ1v) is 7.01. The summed E-state index contributed by atoms with van der Waals surface area (Å²) in [5, 5.41) is 14.5. The van der Waals surface area contributed by atoms with Crippen LogP contribution in [0.25, 0.3) is 5.82 Å². The molecule has 0 unspecified atom stereocenters. The van der Waals surface area contributed by atoms with Gasteiger partial charge < -0.3 is 10.1 Å². The first kappa shape index (κ1) is 15.3. The monoisotopic (exact) mass is 323 g/mol. The Morgan fingerprint density at radius 3 is 2.58 bits per heavy atom. The van der Waals surface area contributed by atoms with Crippen LogP contribution in [0, 0.1) is 0 Å². The highest BCUT2D eigenvalue weighted by atomic mass is 16.5. The molecule has 8 heteroatoms. The van der Waals surface area contributed by atoms with E-state index in [1.165, 1.54) is 17.9 Å². The van der Waals surface area contributed by atoms with E-state index in [0.717, 1.165) is 0 Å². The van der Waals surface area contributed by atoms with Crippen molar-refractivity contribution in [2.75, 3.05) is 12.4 Å². The fourth-order valence-corrected chi connectivity index (χ4v) is 2.04. The largest absolute Gasteiger partial charge is 0.465 e. The summed E-state index contributed by atoms with van der Waals surface area (Å²) in [6.45, 7) is 0. The Balaban J connectivity index is 1.80. The highest BCUT2D eigenvalue weighted by molar-refractivity contribution is 6.06. The molecule has 1 amide bonds. The second kappa shape index (κ2) is 6.69. The fourth-order valence-electron chi connectivity index (χ4n) is 2.04. The average molecular weight is 323 g/mol. The van der Waals surface area contributed by atoms with E-state index in [9.17, 15) is 9.59 Å². The number of carbonyl (C=O) groups excluding carboxylic acids is 2. The normalized spacial score (nSPS) is 10.2. The van der Waals surface area contributed by atoms with Crippen molar-refractivity contribution in [2.45, 2.75) is 0 Å². The average Bonchev–Trinajstić information content (AvgIpc) is 3.16. The van der Waals surface area contributed by atoms with Gasteiger partial charge >= 0.3 is 5.97 Å². The molecule has 0 radical (unpaired) electrons. The maximum absolute atomic E-state index is 12.3. The van der Waals surface area contributed by atoms with E-state index in [1.807, 2.05) is 0 Å². The third kappa shape index (κ3) is 3.12. The number of carbonyl (C=O) groups is 2. The molecular weight excluding hydrogens is 310 g/mol. The van der Waals surface area contributed by atoms with E-state index in [2.05, 4.69) is 20.6 Å². The van der Waals surface area contributed by atoms with Crippen LogP contribution in [0.15, 0.2) is 54.9 Å². The topological polar surface area (TPSA) is 99.0 Å². The number of ether oxygens (including phenoxy) is 1. The lowest BCUT2D eigenvalue weighted by Gasteiger charge is -2.09. The standard InChI is InChI=1S/C16H13N5O3/c1-24-16(23)11-5-2-3-6-12(11)18-15(22)13-7-8-14(20-19-13)21-10-4-9-17-21/h2-10H,1H3,(H,18,22). The van der Waals surface area contributed by atoms with Crippen LogP contribution in [0.5, 0.6) is 0 Å². The van der Waals surface area contributed by atoms with E-state index >= 15 is 0 Å². The Labute approximate surface area is 137 Å². The molecule has 8 nitrogen and oxygen atoms in total. The quantitative estimate of drug-likeness (QED) is 0.734. The lowest BCUT2D eigenvalue weighted by atomic mass is 10.1. The molecule has 1 aromatic carbocycles. The maximum Gasteiger partial charge on any atom is 0.339 e. The first-order valence-electron chi connectivity index (χ1n) is 7.01. The third-order valence-electron chi connectivity index (χ3n) is 3.20. The van der Waals surface area contributed by atoms with Crippen molar-refractivity contribution in [3.63, 3.8) is 0 Å². The summed E-state index contributed by atoms with van der Waals surface area (Å²) < 4.78 is 6.22. The second-order valence-corrected chi connectivity index (χ2v) is 4.72.